The zero-order valence-electron chi connectivity index (χ0n) is 23.1. The molecule has 4 amide bonds. The molecule has 212 valence electrons. The van der Waals surface area contributed by atoms with Crippen LogP contribution in [-0.2, 0) is 30.4 Å². The molecule has 0 aliphatic rings. The van der Waals surface area contributed by atoms with Gasteiger partial charge in [-0.2, -0.15) is 0 Å². The number of hydrogen-bond donors (Lipinski definition) is 6. The molecule has 0 fully saturated rings. The van der Waals surface area contributed by atoms with Crippen molar-refractivity contribution in [1.82, 2.24) is 21.3 Å². The first-order valence-electron chi connectivity index (χ1n) is 12.9. The molecule has 11 nitrogen and oxygen atoms in total. The molecule has 1 aromatic carbocycles. The van der Waals surface area contributed by atoms with Gasteiger partial charge < -0.3 is 32.1 Å². The van der Waals surface area contributed by atoms with E-state index in [1.54, 1.807) is 27.7 Å². The standard InChI is InChI=1S/C27H43N5O6/c1-15(2)12-20(27(37)38)30-21(33)14-29-26(36)23(17(5)6)32-24(34)19(13-18-10-8-7-9-11-18)31-25(35)22(28)16(3)4/h7-11,15-17,19-20,22-23H,12-14,28H2,1-6H3,(H,29,36)(H,30,33)(H,31,35)(H,32,34)(H,37,38). The number of amides is 4. The van der Waals surface area contributed by atoms with Gasteiger partial charge in [0, 0.05) is 6.42 Å². The molecule has 4 atom stereocenters. The fourth-order valence-electron chi connectivity index (χ4n) is 3.63. The molecule has 7 N–H and O–H groups in total. The highest BCUT2D eigenvalue weighted by Gasteiger charge is 2.31. The SMILES string of the molecule is CC(C)CC(NC(=O)CNC(=O)C(NC(=O)C(Cc1ccccc1)NC(=O)C(N)C(C)C)C(C)C)C(=O)O. The summed E-state index contributed by atoms with van der Waals surface area (Å²) in [6.07, 6.45) is 0.430. The minimum Gasteiger partial charge on any atom is -0.480 e. The Morgan fingerprint density at radius 3 is 1.89 bits per heavy atom. The predicted molar refractivity (Wildman–Crippen MR) is 144 cm³/mol. The van der Waals surface area contributed by atoms with Gasteiger partial charge in [0.05, 0.1) is 12.6 Å². The van der Waals surface area contributed by atoms with E-state index in [-0.39, 0.29) is 30.6 Å². The van der Waals surface area contributed by atoms with Gasteiger partial charge in [-0.1, -0.05) is 71.9 Å². The van der Waals surface area contributed by atoms with Crippen molar-refractivity contribution in [2.45, 2.75) is 78.6 Å². The van der Waals surface area contributed by atoms with Gasteiger partial charge in [-0.25, -0.2) is 4.79 Å². The number of nitrogens with two attached hydrogens (primary N) is 1. The lowest BCUT2D eigenvalue weighted by molar-refractivity contribution is -0.142. The largest absolute Gasteiger partial charge is 0.480 e. The summed E-state index contributed by atoms with van der Waals surface area (Å²) in [5, 5.41) is 19.6. The zero-order valence-corrected chi connectivity index (χ0v) is 23.1. The molecule has 0 heterocycles. The van der Waals surface area contributed by atoms with E-state index in [2.05, 4.69) is 21.3 Å². The fraction of sp³-hybridized carbons (Fsp3) is 0.593. The Morgan fingerprint density at radius 1 is 0.789 bits per heavy atom. The lowest BCUT2D eigenvalue weighted by atomic mass is 9.99. The Morgan fingerprint density at radius 2 is 1.39 bits per heavy atom. The van der Waals surface area contributed by atoms with Crippen LogP contribution in [0.25, 0.3) is 0 Å². The summed E-state index contributed by atoms with van der Waals surface area (Å²) < 4.78 is 0. The van der Waals surface area contributed by atoms with E-state index in [4.69, 9.17) is 5.73 Å². The van der Waals surface area contributed by atoms with E-state index in [0.29, 0.717) is 0 Å². The molecule has 1 rings (SSSR count). The van der Waals surface area contributed by atoms with Gasteiger partial charge in [-0.15, -0.1) is 0 Å². The molecule has 4 unspecified atom stereocenters. The second-order valence-corrected chi connectivity index (χ2v) is 10.6. The van der Waals surface area contributed by atoms with Gasteiger partial charge in [0.15, 0.2) is 0 Å². The summed E-state index contributed by atoms with van der Waals surface area (Å²) in [4.78, 5) is 62.5. The van der Waals surface area contributed by atoms with Crippen LogP contribution in [0.5, 0.6) is 0 Å². The van der Waals surface area contributed by atoms with Crippen LogP contribution in [0.3, 0.4) is 0 Å². The van der Waals surface area contributed by atoms with Crippen LogP contribution < -0.4 is 27.0 Å². The molecule has 0 bridgehead atoms. The van der Waals surface area contributed by atoms with Crippen LogP contribution in [0.4, 0.5) is 0 Å². The van der Waals surface area contributed by atoms with Crippen molar-refractivity contribution in [2.24, 2.45) is 23.5 Å². The van der Waals surface area contributed by atoms with E-state index in [0.717, 1.165) is 5.56 Å². The van der Waals surface area contributed by atoms with Gasteiger partial charge in [-0.3, -0.25) is 19.2 Å². The molecule has 0 spiro atoms. The Balaban J connectivity index is 2.92. The van der Waals surface area contributed by atoms with Crippen molar-refractivity contribution in [3.63, 3.8) is 0 Å². The summed E-state index contributed by atoms with van der Waals surface area (Å²) in [6.45, 7) is 10.3. The summed E-state index contributed by atoms with van der Waals surface area (Å²) >= 11 is 0. The van der Waals surface area contributed by atoms with Crippen molar-refractivity contribution in [3.05, 3.63) is 35.9 Å². The molecule has 0 saturated heterocycles. The van der Waals surface area contributed by atoms with Crippen molar-refractivity contribution < 1.29 is 29.1 Å². The molecule has 38 heavy (non-hydrogen) atoms. The number of hydrogen-bond acceptors (Lipinski definition) is 6. The van der Waals surface area contributed by atoms with Crippen LogP contribution >= 0.6 is 0 Å². The van der Waals surface area contributed by atoms with E-state index in [1.165, 1.54) is 0 Å². The second-order valence-electron chi connectivity index (χ2n) is 10.6. The molecule has 0 radical (unpaired) electrons. The predicted octanol–water partition coefficient (Wildman–Crippen LogP) is 0.570. The van der Waals surface area contributed by atoms with Crippen molar-refractivity contribution >= 4 is 29.6 Å². The smallest absolute Gasteiger partial charge is 0.326 e. The highest BCUT2D eigenvalue weighted by Crippen LogP contribution is 2.08. The third kappa shape index (κ3) is 11.3. The second kappa shape index (κ2) is 15.7. The highest BCUT2D eigenvalue weighted by atomic mass is 16.4. The molecular formula is C27H43N5O6. The molecule has 0 saturated carbocycles. The Hall–Kier alpha value is -3.47. The summed E-state index contributed by atoms with van der Waals surface area (Å²) in [7, 11) is 0. The first kappa shape index (κ1) is 32.6. The van der Waals surface area contributed by atoms with E-state index >= 15 is 0 Å². The lowest BCUT2D eigenvalue weighted by Gasteiger charge is -2.26. The number of carboxylic acid groups (broad SMARTS) is 1. The normalized spacial score (nSPS) is 14.4. The zero-order chi connectivity index (χ0) is 29.0. The number of aliphatic carboxylic acids is 1. The topological polar surface area (TPSA) is 180 Å². The third-order valence-electron chi connectivity index (χ3n) is 5.95. The molecular weight excluding hydrogens is 490 g/mol. The van der Waals surface area contributed by atoms with Gasteiger partial charge in [0.25, 0.3) is 0 Å². The highest BCUT2D eigenvalue weighted by molar-refractivity contribution is 5.94. The number of benzene rings is 1. The molecule has 11 heteroatoms. The Bertz CT molecular complexity index is 951. The average molecular weight is 534 g/mol. The van der Waals surface area contributed by atoms with Gasteiger partial charge in [0.2, 0.25) is 23.6 Å². The number of rotatable bonds is 15. The number of carboxylic acids is 1. The lowest BCUT2D eigenvalue weighted by Crippen LogP contribution is -2.58. The summed E-state index contributed by atoms with van der Waals surface area (Å²) in [5.41, 5.74) is 6.77. The maximum absolute atomic E-state index is 13.3. The first-order chi connectivity index (χ1) is 17.7. The summed E-state index contributed by atoms with van der Waals surface area (Å²) in [6, 6.07) is 5.24. The number of carbonyl (C=O) groups excluding carboxylic acids is 4. The van der Waals surface area contributed by atoms with E-state index in [1.807, 2.05) is 44.2 Å². The van der Waals surface area contributed by atoms with Crippen LogP contribution in [-0.4, -0.2) is 65.4 Å². The van der Waals surface area contributed by atoms with Crippen LogP contribution in [0.15, 0.2) is 30.3 Å². The molecule has 0 aliphatic carbocycles. The average Bonchev–Trinajstić information content (AvgIpc) is 2.84. The summed E-state index contributed by atoms with van der Waals surface area (Å²) in [5.74, 6) is -3.91. The molecule has 1 aromatic rings. The van der Waals surface area contributed by atoms with Crippen molar-refractivity contribution in [1.29, 1.82) is 0 Å². The number of carbonyl (C=O) groups is 5. The van der Waals surface area contributed by atoms with Crippen LogP contribution in [0, 0.1) is 17.8 Å². The molecule has 0 aromatic heterocycles. The van der Waals surface area contributed by atoms with Gasteiger partial charge >= 0.3 is 5.97 Å². The minimum atomic E-state index is -1.16. The van der Waals surface area contributed by atoms with Crippen LogP contribution in [0.1, 0.15) is 53.5 Å². The van der Waals surface area contributed by atoms with Gasteiger partial charge in [0.1, 0.15) is 18.1 Å². The maximum atomic E-state index is 13.3. The molecule has 0 aliphatic heterocycles. The third-order valence-corrected chi connectivity index (χ3v) is 5.95. The maximum Gasteiger partial charge on any atom is 0.326 e. The van der Waals surface area contributed by atoms with E-state index in [9.17, 15) is 29.1 Å². The van der Waals surface area contributed by atoms with Gasteiger partial charge in [-0.05, 0) is 29.7 Å². The number of nitrogens with one attached hydrogen (secondary N) is 4. The monoisotopic (exact) mass is 533 g/mol. The Labute approximate surface area is 224 Å². The first-order valence-corrected chi connectivity index (χ1v) is 12.9. The van der Waals surface area contributed by atoms with Crippen molar-refractivity contribution in [3.8, 4) is 0 Å². The fourth-order valence-corrected chi connectivity index (χ4v) is 3.63. The quantitative estimate of drug-likeness (QED) is 0.191. The van der Waals surface area contributed by atoms with Crippen molar-refractivity contribution in [2.75, 3.05) is 6.54 Å². The Kier molecular flexibility index (Phi) is 13.5. The minimum absolute atomic E-state index is 0.0472. The van der Waals surface area contributed by atoms with Crippen LogP contribution in [0.2, 0.25) is 0 Å². The van der Waals surface area contributed by atoms with E-state index < -0.39 is 60.3 Å².